The summed E-state index contributed by atoms with van der Waals surface area (Å²) in [6.07, 6.45) is 6.76. The van der Waals surface area contributed by atoms with Crippen molar-refractivity contribution in [2.24, 2.45) is 0 Å². The molecule has 0 bridgehead atoms. The molecule has 29 heavy (non-hydrogen) atoms. The van der Waals surface area contributed by atoms with E-state index in [0.29, 0.717) is 26.8 Å². The van der Waals surface area contributed by atoms with E-state index in [2.05, 4.69) is 15.2 Å². The second kappa shape index (κ2) is 9.15. The van der Waals surface area contributed by atoms with E-state index in [1.54, 1.807) is 24.5 Å². The zero-order valence-electron chi connectivity index (χ0n) is 15.6. The van der Waals surface area contributed by atoms with Gasteiger partial charge in [-0.15, -0.1) is 10.2 Å². The maximum absolute atomic E-state index is 12.6. The maximum atomic E-state index is 12.6. The molecule has 0 spiro atoms. The molecule has 1 aliphatic heterocycles. The van der Waals surface area contributed by atoms with E-state index in [-0.39, 0.29) is 5.91 Å². The van der Waals surface area contributed by atoms with Gasteiger partial charge in [-0.1, -0.05) is 35.0 Å². The predicted molar refractivity (Wildman–Crippen MR) is 116 cm³/mol. The normalized spacial score (nSPS) is 14.2. The Hall–Kier alpha value is -2.09. The van der Waals surface area contributed by atoms with Crippen molar-refractivity contribution in [1.29, 1.82) is 0 Å². The van der Waals surface area contributed by atoms with Gasteiger partial charge in [0.1, 0.15) is 0 Å². The lowest BCUT2D eigenvalue weighted by Gasteiger charge is -2.26. The summed E-state index contributed by atoms with van der Waals surface area (Å²) in [6.45, 7) is 1.67. The van der Waals surface area contributed by atoms with Crippen molar-refractivity contribution in [2.45, 2.75) is 24.4 Å². The van der Waals surface area contributed by atoms with Crippen molar-refractivity contribution in [1.82, 2.24) is 24.6 Å². The molecular formula is C20H19Cl2N5OS. The molecular weight excluding hydrogens is 429 g/mol. The van der Waals surface area contributed by atoms with Gasteiger partial charge in [-0.2, -0.15) is 0 Å². The topological polar surface area (TPSA) is 63.9 Å². The minimum atomic E-state index is 0.126. The van der Waals surface area contributed by atoms with Crippen LogP contribution < -0.4 is 0 Å². The monoisotopic (exact) mass is 447 g/mol. The van der Waals surface area contributed by atoms with Crippen LogP contribution in [0.15, 0.2) is 47.9 Å². The number of rotatable bonds is 5. The van der Waals surface area contributed by atoms with Gasteiger partial charge in [0.25, 0.3) is 0 Å². The Balaban J connectivity index is 1.65. The van der Waals surface area contributed by atoms with Crippen LogP contribution in [0.1, 0.15) is 19.3 Å². The van der Waals surface area contributed by atoms with E-state index in [0.717, 1.165) is 37.2 Å². The number of piperidine rings is 1. The molecule has 6 nitrogen and oxygen atoms in total. The summed E-state index contributed by atoms with van der Waals surface area (Å²) in [4.78, 5) is 18.7. The first-order valence-electron chi connectivity index (χ1n) is 9.35. The Morgan fingerprint density at radius 2 is 1.90 bits per heavy atom. The smallest absolute Gasteiger partial charge is 0.233 e. The Morgan fingerprint density at radius 3 is 2.62 bits per heavy atom. The summed E-state index contributed by atoms with van der Waals surface area (Å²) in [6, 6.07) is 9.12. The first-order chi connectivity index (χ1) is 14.1. The number of likely N-dealkylation sites (tertiary alicyclic amines) is 1. The van der Waals surface area contributed by atoms with Gasteiger partial charge in [-0.3, -0.25) is 14.3 Å². The van der Waals surface area contributed by atoms with E-state index < -0.39 is 0 Å². The molecule has 1 aromatic carbocycles. The molecule has 3 aromatic rings. The van der Waals surface area contributed by atoms with Gasteiger partial charge in [0.2, 0.25) is 5.91 Å². The average Bonchev–Trinajstić information content (AvgIpc) is 3.19. The van der Waals surface area contributed by atoms with Crippen LogP contribution in [0.2, 0.25) is 10.0 Å². The van der Waals surface area contributed by atoms with Crippen LogP contribution in [-0.2, 0) is 4.79 Å². The highest BCUT2D eigenvalue weighted by Gasteiger charge is 2.21. The number of nitrogens with zero attached hydrogens (tertiary/aromatic N) is 5. The second-order valence-corrected chi connectivity index (χ2v) is 8.47. The first kappa shape index (κ1) is 20.2. The molecule has 0 N–H and O–H groups in total. The fourth-order valence-electron chi connectivity index (χ4n) is 3.26. The third-order valence-corrected chi connectivity index (χ3v) is 6.40. The average molecular weight is 448 g/mol. The summed E-state index contributed by atoms with van der Waals surface area (Å²) >= 11 is 13.7. The molecule has 9 heteroatoms. The Bertz CT molecular complexity index is 1010. The van der Waals surface area contributed by atoms with E-state index in [4.69, 9.17) is 23.2 Å². The quantitative estimate of drug-likeness (QED) is 0.528. The van der Waals surface area contributed by atoms with Gasteiger partial charge >= 0.3 is 0 Å². The van der Waals surface area contributed by atoms with Crippen molar-refractivity contribution >= 4 is 40.9 Å². The van der Waals surface area contributed by atoms with Crippen molar-refractivity contribution in [2.75, 3.05) is 18.8 Å². The number of amides is 1. The zero-order chi connectivity index (χ0) is 20.2. The van der Waals surface area contributed by atoms with Crippen LogP contribution in [0.5, 0.6) is 0 Å². The van der Waals surface area contributed by atoms with Crippen LogP contribution >= 0.6 is 35.0 Å². The zero-order valence-corrected chi connectivity index (χ0v) is 17.9. The largest absolute Gasteiger partial charge is 0.342 e. The Morgan fingerprint density at radius 1 is 1.07 bits per heavy atom. The van der Waals surface area contributed by atoms with Crippen molar-refractivity contribution in [3.05, 3.63) is 52.8 Å². The lowest BCUT2D eigenvalue weighted by Crippen LogP contribution is -2.36. The Kier molecular flexibility index (Phi) is 6.37. The van der Waals surface area contributed by atoms with Crippen molar-refractivity contribution in [3.63, 3.8) is 0 Å². The molecule has 0 radical (unpaired) electrons. The van der Waals surface area contributed by atoms with Crippen LogP contribution in [0.25, 0.3) is 17.1 Å². The van der Waals surface area contributed by atoms with E-state index in [9.17, 15) is 4.79 Å². The highest BCUT2D eigenvalue weighted by Crippen LogP contribution is 2.31. The number of hydrogen-bond donors (Lipinski definition) is 0. The third kappa shape index (κ3) is 4.57. The molecule has 1 fully saturated rings. The summed E-state index contributed by atoms with van der Waals surface area (Å²) in [5.74, 6) is 1.07. The van der Waals surface area contributed by atoms with Crippen LogP contribution in [-0.4, -0.2) is 49.4 Å². The third-order valence-electron chi connectivity index (χ3n) is 4.75. The van der Waals surface area contributed by atoms with Gasteiger partial charge in [0, 0.05) is 31.0 Å². The van der Waals surface area contributed by atoms with Gasteiger partial charge < -0.3 is 4.90 Å². The molecule has 1 aliphatic rings. The fourth-order valence-corrected chi connectivity index (χ4v) is 4.41. The molecule has 1 amide bonds. The van der Waals surface area contributed by atoms with Crippen molar-refractivity contribution in [3.8, 4) is 17.1 Å². The molecule has 3 heterocycles. The molecule has 0 atom stereocenters. The number of benzene rings is 1. The van der Waals surface area contributed by atoms with E-state index >= 15 is 0 Å². The van der Waals surface area contributed by atoms with Crippen molar-refractivity contribution < 1.29 is 4.79 Å². The van der Waals surface area contributed by atoms with Gasteiger partial charge in [-0.25, -0.2) is 0 Å². The number of aromatic nitrogens is 4. The Labute approximate surface area is 183 Å². The standard InChI is InChI=1S/C20H19Cl2N5OS/c21-16-7-6-15(11-17(16)22)27-19(14-5-4-8-23-12-14)24-25-20(27)29-13-18(28)26-9-2-1-3-10-26/h4-8,11-12H,1-3,9-10,13H2. The summed E-state index contributed by atoms with van der Waals surface area (Å²) in [7, 11) is 0. The summed E-state index contributed by atoms with van der Waals surface area (Å²) in [5.41, 5.74) is 1.59. The SMILES string of the molecule is O=C(CSc1nnc(-c2cccnc2)n1-c1ccc(Cl)c(Cl)c1)N1CCCCC1. The number of carbonyl (C=O) groups excluding carboxylic acids is 1. The van der Waals surface area contributed by atoms with Crippen LogP contribution in [0.4, 0.5) is 0 Å². The predicted octanol–water partition coefficient (Wildman–Crippen LogP) is 4.74. The molecule has 0 saturated carbocycles. The maximum Gasteiger partial charge on any atom is 0.233 e. The molecule has 0 unspecified atom stereocenters. The lowest BCUT2D eigenvalue weighted by atomic mass is 10.1. The molecule has 4 rings (SSSR count). The van der Waals surface area contributed by atoms with E-state index in [1.807, 2.05) is 27.7 Å². The molecule has 1 saturated heterocycles. The summed E-state index contributed by atoms with van der Waals surface area (Å²) < 4.78 is 1.88. The highest BCUT2D eigenvalue weighted by atomic mass is 35.5. The number of hydrogen-bond acceptors (Lipinski definition) is 5. The molecule has 0 aliphatic carbocycles. The number of thioether (sulfide) groups is 1. The fraction of sp³-hybridized carbons (Fsp3) is 0.300. The number of halogens is 2. The number of pyridine rings is 1. The summed E-state index contributed by atoms with van der Waals surface area (Å²) in [5, 5.41) is 10.2. The number of carbonyl (C=O) groups is 1. The minimum absolute atomic E-state index is 0.126. The first-order valence-corrected chi connectivity index (χ1v) is 11.1. The highest BCUT2D eigenvalue weighted by molar-refractivity contribution is 7.99. The van der Waals surface area contributed by atoms with Crippen LogP contribution in [0, 0.1) is 0 Å². The lowest BCUT2D eigenvalue weighted by molar-refractivity contribution is -0.129. The second-order valence-electron chi connectivity index (χ2n) is 6.71. The minimum Gasteiger partial charge on any atom is -0.342 e. The van der Waals surface area contributed by atoms with Gasteiger partial charge in [0.05, 0.1) is 21.5 Å². The van der Waals surface area contributed by atoms with Gasteiger partial charge in [-0.05, 0) is 49.6 Å². The van der Waals surface area contributed by atoms with E-state index in [1.165, 1.54) is 18.2 Å². The molecule has 150 valence electrons. The molecule has 2 aromatic heterocycles. The van der Waals surface area contributed by atoms with Crippen LogP contribution in [0.3, 0.4) is 0 Å². The van der Waals surface area contributed by atoms with Gasteiger partial charge in [0.15, 0.2) is 11.0 Å².